The third-order valence-electron chi connectivity index (χ3n) is 2.51. The molecule has 0 spiro atoms. The van der Waals surface area contributed by atoms with Gasteiger partial charge in [-0.05, 0) is 43.5 Å². The summed E-state index contributed by atoms with van der Waals surface area (Å²) in [4.78, 5) is 0. The second-order valence-electron chi connectivity index (χ2n) is 3.87. The third kappa shape index (κ3) is 4.20. The molecule has 0 fully saturated rings. The number of halogens is 1. The third-order valence-corrected chi connectivity index (χ3v) is 2.74. The van der Waals surface area contributed by atoms with E-state index in [1.165, 1.54) is 11.1 Å². The van der Waals surface area contributed by atoms with E-state index >= 15 is 0 Å². The van der Waals surface area contributed by atoms with Crippen molar-refractivity contribution >= 4 is 11.6 Å². The number of rotatable bonds is 5. The molecule has 1 aromatic rings. The van der Waals surface area contributed by atoms with E-state index in [0.29, 0.717) is 6.04 Å². The zero-order valence-corrected chi connectivity index (χ0v) is 10.0. The summed E-state index contributed by atoms with van der Waals surface area (Å²) in [7, 11) is 0. The summed E-state index contributed by atoms with van der Waals surface area (Å²) in [6.45, 7) is 5.18. The summed E-state index contributed by atoms with van der Waals surface area (Å²) in [5.41, 5.74) is 2.45. The van der Waals surface area contributed by atoms with Gasteiger partial charge in [0.2, 0.25) is 0 Å². The van der Waals surface area contributed by atoms with Crippen LogP contribution < -0.4 is 5.32 Å². The molecule has 1 aromatic carbocycles. The average Bonchev–Trinajstić information content (AvgIpc) is 2.17. The highest BCUT2D eigenvalue weighted by Crippen LogP contribution is 2.15. The Kier molecular flexibility index (Phi) is 5.09. The van der Waals surface area contributed by atoms with Gasteiger partial charge in [0, 0.05) is 24.2 Å². The maximum absolute atomic E-state index is 8.77. The Labute approximate surface area is 96.3 Å². The van der Waals surface area contributed by atoms with Gasteiger partial charge in [-0.3, -0.25) is 0 Å². The van der Waals surface area contributed by atoms with Crippen LogP contribution in [-0.4, -0.2) is 17.8 Å². The van der Waals surface area contributed by atoms with Gasteiger partial charge in [0.1, 0.15) is 0 Å². The molecule has 1 atom stereocenters. The summed E-state index contributed by atoms with van der Waals surface area (Å²) in [6, 6.07) is 6.25. The number of benzene rings is 1. The molecule has 1 rings (SSSR count). The Morgan fingerprint density at radius 3 is 2.80 bits per heavy atom. The van der Waals surface area contributed by atoms with E-state index in [2.05, 4.69) is 19.2 Å². The van der Waals surface area contributed by atoms with Crippen molar-refractivity contribution in [1.29, 1.82) is 0 Å². The predicted molar refractivity (Wildman–Crippen MR) is 64.2 cm³/mol. The predicted octanol–water partition coefficient (Wildman–Crippen LogP) is 2.51. The van der Waals surface area contributed by atoms with E-state index < -0.39 is 0 Å². The highest BCUT2D eigenvalue weighted by molar-refractivity contribution is 6.30. The lowest BCUT2D eigenvalue weighted by atomic mass is 10.1. The fourth-order valence-corrected chi connectivity index (χ4v) is 1.66. The largest absolute Gasteiger partial charge is 0.396 e. The Morgan fingerprint density at radius 1 is 1.47 bits per heavy atom. The summed E-state index contributed by atoms with van der Waals surface area (Å²) in [5.74, 6) is 0. The van der Waals surface area contributed by atoms with Gasteiger partial charge in [-0.2, -0.15) is 0 Å². The Balaban J connectivity index is 2.50. The fourth-order valence-electron chi connectivity index (χ4n) is 1.44. The number of aliphatic hydroxyl groups is 1. The number of hydrogen-bond donors (Lipinski definition) is 2. The molecule has 0 heterocycles. The Bertz CT molecular complexity index is 314. The minimum Gasteiger partial charge on any atom is -0.396 e. The van der Waals surface area contributed by atoms with E-state index in [4.69, 9.17) is 16.7 Å². The van der Waals surface area contributed by atoms with E-state index in [-0.39, 0.29) is 6.61 Å². The highest BCUT2D eigenvalue weighted by atomic mass is 35.5. The molecule has 0 radical (unpaired) electrons. The maximum Gasteiger partial charge on any atom is 0.0445 e. The second-order valence-corrected chi connectivity index (χ2v) is 4.30. The Morgan fingerprint density at radius 2 is 2.20 bits per heavy atom. The van der Waals surface area contributed by atoms with Gasteiger partial charge in [0.05, 0.1) is 0 Å². The first-order valence-electron chi connectivity index (χ1n) is 5.22. The molecule has 0 saturated carbocycles. The molecule has 2 N–H and O–H groups in total. The molecular weight excluding hydrogens is 210 g/mol. The van der Waals surface area contributed by atoms with Gasteiger partial charge in [-0.25, -0.2) is 0 Å². The zero-order chi connectivity index (χ0) is 11.3. The van der Waals surface area contributed by atoms with Crippen LogP contribution in [-0.2, 0) is 6.54 Å². The summed E-state index contributed by atoms with van der Waals surface area (Å²) in [6.07, 6.45) is 0.784. The van der Waals surface area contributed by atoms with Crippen LogP contribution in [0.25, 0.3) is 0 Å². The minimum atomic E-state index is 0.230. The van der Waals surface area contributed by atoms with Crippen LogP contribution in [0.3, 0.4) is 0 Å². The van der Waals surface area contributed by atoms with Crippen LogP contribution in [0.5, 0.6) is 0 Å². The van der Waals surface area contributed by atoms with Gasteiger partial charge < -0.3 is 10.4 Å². The molecule has 3 heteroatoms. The molecule has 1 unspecified atom stereocenters. The van der Waals surface area contributed by atoms with Crippen LogP contribution in [0.4, 0.5) is 0 Å². The number of aryl methyl sites for hydroxylation is 1. The van der Waals surface area contributed by atoms with Crippen LogP contribution in [0.1, 0.15) is 24.5 Å². The van der Waals surface area contributed by atoms with Gasteiger partial charge in [0.15, 0.2) is 0 Å². The van der Waals surface area contributed by atoms with Crippen molar-refractivity contribution < 1.29 is 5.11 Å². The lowest BCUT2D eigenvalue weighted by Crippen LogP contribution is -2.26. The second kappa shape index (κ2) is 6.11. The summed E-state index contributed by atoms with van der Waals surface area (Å²) >= 11 is 5.88. The molecule has 0 aliphatic carbocycles. The molecule has 0 bridgehead atoms. The monoisotopic (exact) mass is 227 g/mol. The van der Waals surface area contributed by atoms with Crippen LogP contribution >= 0.6 is 11.6 Å². The molecule has 84 valence electrons. The normalized spacial score (nSPS) is 12.8. The van der Waals surface area contributed by atoms with E-state index in [0.717, 1.165) is 18.0 Å². The molecule has 0 aromatic heterocycles. The molecule has 0 amide bonds. The van der Waals surface area contributed by atoms with Crippen molar-refractivity contribution in [2.75, 3.05) is 6.61 Å². The number of nitrogens with one attached hydrogen (secondary N) is 1. The van der Waals surface area contributed by atoms with E-state index in [9.17, 15) is 0 Å². The SMILES string of the molecule is Cc1cc(Cl)ccc1CNC(C)CCO. The standard InChI is InChI=1S/C12H18ClNO/c1-9-7-12(13)4-3-11(9)8-14-10(2)5-6-15/h3-4,7,10,14-15H,5-6,8H2,1-2H3. The summed E-state index contributed by atoms with van der Waals surface area (Å²) in [5, 5.41) is 12.9. The maximum atomic E-state index is 8.77. The van der Waals surface area contributed by atoms with Crippen molar-refractivity contribution in [3.05, 3.63) is 34.3 Å². The molecule has 15 heavy (non-hydrogen) atoms. The lowest BCUT2D eigenvalue weighted by Gasteiger charge is -2.13. The van der Waals surface area contributed by atoms with Crippen LogP contribution in [0, 0.1) is 6.92 Å². The quantitative estimate of drug-likeness (QED) is 0.810. The first-order valence-corrected chi connectivity index (χ1v) is 5.60. The van der Waals surface area contributed by atoms with Gasteiger partial charge >= 0.3 is 0 Å². The molecule has 0 aliphatic heterocycles. The van der Waals surface area contributed by atoms with E-state index in [1.807, 2.05) is 18.2 Å². The average molecular weight is 228 g/mol. The Hall–Kier alpha value is -0.570. The minimum absolute atomic E-state index is 0.230. The topological polar surface area (TPSA) is 32.3 Å². The molecule has 0 aliphatic rings. The van der Waals surface area contributed by atoms with Gasteiger partial charge in [-0.1, -0.05) is 17.7 Å². The van der Waals surface area contributed by atoms with Crippen molar-refractivity contribution in [1.82, 2.24) is 5.32 Å². The van der Waals surface area contributed by atoms with Crippen LogP contribution in [0.15, 0.2) is 18.2 Å². The van der Waals surface area contributed by atoms with E-state index in [1.54, 1.807) is 0 Å². The van der Waals surface area contributed by atoms with Crippen molar-refractivity contribution in [2.45, 2.75) is 32.9 Å². The molecule has 2 nitrogen and oxygen atoms in total. The van der Waals surface area contributed by atoms with Crippen molar-refractivity contribution in [2.24, 2.45) is 0 Å². The van der Waals surface area contributed by atoms with Crippen molar-refractivity contribution in [3.63, 3.8) is 0 Å². The van der Waals surface area contributed by atoms with Gasteiger partial charge in [-0.15, -0.1) is 0 Å². The zero-order valence-electron chi connectivity index (χ0n) is 9.26. The first-order chi connectivity index (χ1) is 7.13. The molecular formula is C12H18ClNO. The molecule has 0 saturated heterocycles. The fraction of sp³-hybridized carbons (Fsp3) is 0.500. The van der Waals surface area contributed by atoms with Gasteiger partial charge in [0.25, 0.3) is 0 Å². The summed E-state index contributed by atoms with van der Waals surface area (Å²) < 4.78 is 0. The number of aliphatic hydroxyl groups excluding tert-OH is 1. The first kappa shape index (κ1) is 12.5. The lowest BCUT2D eigenvalue weighted by molar-refractivity contribution is 0.268. The number of hydrogen-bond acceptors (Lipinski definition) is 2. The highest BCUT2D eigenvalue weighted by Gasteiger charge is 2.02. The van der Waals surface area contributed by atoms with Crippen LogP contribution in [0.2, 0.25) is 5.02 Å². The smallest absolute Gasteiger partial charge is 0.0445 e. The van der Waals surface area contributed by atoms with Crippen molar-refractivity contribution in [3.8, 4) is 0 Å².